The van der Waals surface area contributed by atoms with Crippen LogP contribution in [-0.4, -0.2) is 76.9 Å². The zero-order valence-corrected chi connectivity index (χ0v) is 37.0. The van der Waals surface area contributed by atoms with Crippen molar-refractivity contribution in [2.45, 2.75) is 193 Å². The van der Waals surface area contributed by atoms with E-state index >= 15 is 0 Å². The number of carbonyl (C=O) groups is 2. The lowest BCUT2D eigenvalue weighted by atomic mass is 10.1. The van der Waals surface area contributed by atoms with Crippen LogP contribution in [0.5, 0.6) is 0 Å². The first kappa shape index (κ1) is 55.6. The van der Waals surface area contributed by atoms with E-state index in [1.54, 1.807) is 12.2 Å². The second kappa shape index (κ2) is 41.4. The number of allylic oxidation sites excluding steroid dienone is 8. The van der Waals surface area contributed by atoms with Crippen molar-refractivity contribution in [2.75, 3.05) is 26.4 Å². The standard InChI is InChI=1S/C46H81O11P/c1-3-5-7-9-11-13-14-15-16-17-18-19-20-22-24-28-33-37-46(51)57-44(41-56-58(52,53)55-39-43(49)38-47)40-54-45(50)36-32-29-25-27-31-35-42(48)34-30-26-23-21-12-10-8-6-4-2/h12,15-16,21,25-27,30-31,35,42-44,47-49H,3-11,13-14,17-20,22-24,28-29,32-34,36-41H2,1-2H3,(H,52,53)/b16-15-,21-12-,27-25+,30-26-,35-31-/t42?,43-,44+/m0/s1. The van der Waals surface area contributed by atoms with Gasteiger partial charge in [-0.25, -0.2) is 4.57 Å². The second-order valence-electron chi connectivity index (χ2n) is 14.9. The van der Waals surface area contributed by atoms with Gasteiger partial charge in [0.2, 0.25) is 0 Å². The van der Waals surface area contributed by atoms with Gasteiger partial charge in [0.25, 0.3) is 0 Å². The molecule has 0 bridgehead atoms. The highest BCUT2D eigenvalue weighted by molar-refractivity contribution is 7.47. The summed E-state index contributed by atoms with van der Waals surface area (Å²) in [5.74, 6) is -1.06. The Morgan fingerprint density at radius 3 is 1.76 bits per heavy atom. The van der Waals surface area contributed by atoms with E-state index in [0.717, 1.165) is 44.9 Å². The number of hydrogen-bond donors (Lipinski definition) is 4. The van der Waals surface area contributed by atoms with Crippen molar-refractivity contribution in [2.24, 2.45) is 0 Å². The van der Waals surface area contributed by atoms with Crippen LogP contribution in [0, 0.1) is 0 Å². The Bertz CT molecular complexity index is 1170. The summed E-state index contributed by atoms with van der Waals surface area (Å²) in [4.78, 5) is 35.0. The van der Waals surface area contributed by atoms with Gasteiger partial charge < -0.3 is 29.7 Å². The average molecular weight is 841 g/mol. The molecule has 58 heavy (non-hydrogen) atoms. The van der Waals surface area contributed by atoms with Gasteiger partial charge in [-0.3, -0.25) is 18.6 Å². The van der Waals surface area contributed by atoms with Crippen LogP contribution in [0.1, 0.15) is 174 Å². The van der Waals surface area contributed by atoms with Crippen molar-refractivity contribution in [1.82, 2.24) is 0 Å². The van der Waals surface area contributed by atoms with Crippen LogP contribution >= 0.6 is 7.82 Å². The van der Waals surface area contributed by atoms with Crippen molar-refractivity contribution >= 4 is 19.8 Å². The van der Waals surface area contributed by atoms with E-state index in [4.69, 9.17) is 19.1 Å². The summed E-state index contributed by atoms with van der Waals surface area (Å²) in [6.45, 7) is 2.17. The second-order valence-corrected chi connectivity index (χ2v) is 16.4. The Labute approximate surface area is 351 Å². The number of aliphatic hydroxyl groups excluding tert-OH is 3. The minimum atomic E-state index is -4.65. The Hall–Kier alpha value is -2.37. The SMILES string of the molecule is CCCCC/C=C\C/C=C\CC(O)/C=C\C=C\CCCC(=O)OC[C@H](COP(=O)(O)OC[C@@H](O)CO)OC(=O)CCCCCCCCC/C=C\CCCCCCCC. The molecule has 0 amide bonds. The van der Waals surface area contributed by atoms with Gasteiger partial charge in [-0.1, -0.05) is 152 Å². The first-order chi connectivity index (χ1) is 28.1. The molecule has 0 aliphatic carbocycles. The van der Waals surface area contributed by atoms with E-state index in [1.165, 1.54) is 77.0 Å². The molecule has 2 unspecified atom stereocenters. The fraction of sp³-hybridized carbons (Fsp3) is 0.739. The van der Waals surface area contributed by atoms with Gasteiger partial charge in [0.1, 0.15) is 12.7 Å². The molecule has 4 atom stereocenters. The molecule has 0 fully saturated rings. The van der Waals surface area contributed by atoms with Crippen molar-refractivity contribution < 1.29 is 52.9 Å². The predicted octanol–water partition coefficient (Wildman–Crippen LogP) is 10.9. The van der Waals surface area contributed by atoms with Gasteiger partial charge in [0.15, 0.2) is 6.10 Å². The quantitative estimate of drug-likeness (QED) is 0.0152. The number of esters is 2. The number of hydrogen-bond acceptors (Lipinski definition) is 10. The number of rotatable bonds is 41. The summed E-state index contributed by atoms with van der Waals surface area (Å²) in [7, 11) is -4.65. The van der Waals surface area contributed by atoms with Crippen LogP contribution < -0.4 is 0 Å². The maximum atomic E-state index is 12.6. The topological polar surface area (TPSA) is 169 Å². The molecule has 0 aromatic heterocycles. The maximum Gasteiger partial charge on any atom is 0.472 e. The highest BCUT2D eigenvalue weighted by Gasteiger charge is 2.27. The molecular weight excluding hydrogens is 759 g/mol. The van der Waals surface area contributed by atoms with E-state index in [1.807, 2.05) is 18.2 Å². The average Bonchev–Trinajstić information content (AvgIpc) is 3.21. The minimum Gasteiger partial charge on any atom is -0.462 e. The third-order valence-electron chi connectivity index (χ3n) is 9.22. The van der Waals surface area contributed by atoms with E-state index < -0.39 is 57.9 Å². The van der Waals surface area contributed by atoms with Crippen LogP contribution in [0.2, 0.25) is 0 Å². The van der Waals surface area contributed by atoms with Crippen LogP contribution in [0.25, 0.3) is 0 Å². The summed E-state index contributed by atoms with van der Waals surface area (Å²) in [6.07, 6.45) is 42.1. The van der Waals surface area contributed by atoms with Crippen molar-refractivity contribution in [3.05, 3.63) is 60.8 Å². The van der Waals surface area contributed by atoms with Crippen LogP contribution in [0.15, 0.2) is 60.8 Å². The molecule has 0 spiro atoms. The van der Waals surface area contributed by atoms with E-state index in [0.29, 0.717) is 25.7 Å². The first-order valence-corrected chi connectivity index (χ1v) is 23.8. The molecule has 0 aromatic carbocycles. The van der Waals surface area contributed by atoms with Crippen molar-refractivity contribution in [3.63, 3.8) is 0 Å². The highest BCUT2D eigenvalue weighted by atomic mass is 31.2. The summed E-state index contributed by atoms with van der Waals surface area (Å²) < 4.78 is 32.6. The Morgan fingerprint density at radius 2 is 1.10 bits per heavy atom. The van der Waals surface area contributed by atoms with E-state index in [-0.39, 0.29) is 19.4 Å². The minimum absolute atomic E-state index is 0.104. The molecule has 0 aliphatic heterocycles. The smallest absolute Gasteiger partial charge is 0.462 e. The number of unbranched alkanes of at least 4 members (excludes halogenated alkanes) is 17. The number of carbonyl (C=O) groups excluding carboxylic acids is 2. The normalized spacial score (nSPS) is 14.9. The number of ether oxygens (including phenoxy) is 2. The summed E-state index contributed by atoms with van der Waals surface area (Å²) in [5.41, 5.74) is 0. The van der Waals surface area contributed by atoms with Crippen molar-refractivity contribution in [3.8, 4) is 0 Å². The Morgan fingerprint density at radius 1 is 0.586 bits per heavy atom. The first-order valence-electron chi connectivity index (χ1n) is 22.4. The van der Waals surface area contributed by atoms with Gasteiger partial charge in [0.05, 0.1) is 25.9 Å². The van der Waals surface area contributed by atoms with Crippen LogP contribution in [-0.2, 0) is 32.7 Å². The van der Waals surface area contributed by atoms with E-state index in [9.17, 15) is 29.3 Å². The molecule has 0 radical (unpaired) electrons. The largest absolute Gasteiger partial charge is 0.472 e. The van der Waals surface area contributed by atoms with Gasteiger partial charge >= 0.3 is 19.8 Å². The third kappa shape index (κ3) is 40.4. The molecule has 0 aromatic rings. The predicted molar refractivity (Wildman–Crippen MR) is 234 cm³/mol. The summed E-state index contributed by atoms with van der Waals surface area (Å²) in [6, 6.07) is 0. The van der Waals surface area contributed by atoms with E-state index in [2.05, 4.69) is 48.8 Å². The molecule has 0 heterocycles. The van der Waals surface area contributed by atoms with Gasteiger partial charge in [-0.15, -0.1) is 0 Å². The Kier molecular flexibility index (Phi) is 39.7. The molecular formula is C46H81O11P. The number of phosphoric ester groups is 1. The fourth-order valence-electron chi connectivity index (χ4n) is 5.71. The Balaban J connectivity index is 4.46. The zero-order chi connectivity index (χ0) is 42.8. The lowest BCUT2D eigenvalue weighted by Crippen LogP contribution is -2.29. The molecule has 336 valence electrons. The molecule has 12 heteroatoms. The third-order valence-corrected chi connectivity index (χ3v) is 10.2. The lowest BCUT2D eigenvalue weighted by Gasteiger charge is -2.20. The lowest BCUT2D eigenvalue weighted by molar-refractivity contribution is -0.161. The monoisotopic (exact) mass is 841 g/mol. The number of aliphatic hydroxyl groups is 3. The fourth-order valence-corrected chi connectivity index (χ4v) is 6.50. The number of phosphoric acid groups is 1. The molecule has 11 nitrogen and oxygen atoms in total. The molecule has 0 rings (SSSR count). The van der Waals surface area contributed by atoms with Crippen LogP contribution in [0.4, 0.5) is 0 Å². The van der Waals surface area contributed by atoms with Crippen LogP contribution in [0.3, 0.4) is 0 Å². The highest BCUT2D eigenvalue weighted by Crippen LogP contribution is 2.43. The van der Waals surface area contributed by atoms with Gasteiger partial charge in [-0.2, -0.15) is 0 Å². The molecule has 4 N–H and O–H groups in total. The van der Waals surface area contributed by atoms with Crippen molar-refractivity contribution in [1.29, 1.82) is 0 Å². The maximum absolute atomic E-state index is 12.6. The van der Waals surface area contributed by atoms with Gasteiger partial charge in [0, 0.05) is 12.8 Å². The van der Waals surface area contributed by atoms with Gasteiger partial charge in [-0.05, 0) is 70.6 Å². The molecule has 0 aliphatic rings. The molecule has 0 saturated carbocycles. The summed E-state index contributed by atoms with van der Waals surface area (Å²) in [5, 5.41) is 28.5. The summed E-state index contributed by atoms with van der Waals surface area (Å²) >= 11 is 0. The molecule has 0 saturated heterocycles. The zero-order valence-electron chi connectivity index (χ0n) is 36.1.